The highest BCUT2D eigenvalue weighted by molar-refractivity contribution is 5.81. The summed E-state index contributed by atoms with van der Waals surface area (Å²) in [6.45, 7) is 10.9. The summed E-state index contributed by atoms with van der Waals surface area (Å²) in [5, 5.41) is 11.0. The Hall–Kier alpha value is -6.70. The Morgan fingerprint density at radius 1 is 0.279 bits per heavy atom. The molecule has 2 rings (SSSR count). The average Bonchev–Trinajstić information content (AvgIpc) is 1.34. The topological polar surface area (TPSA) is 330 Å². The van der Waals surface area contributed by atoms with Gasteiger partial charge in [0.15, 0.2) is 0 Å². The van der Waals surface area contributed by atoms with Gasteiger partial charge in [-0.3, -0.25) is 19.2 Å². The maximum Gasteiger partial charge on any atom is 0.407 e. The number of esters is 6. The molecule has 2 fully saturated rings. The summed E-state index contributed by atoms with van der Waals surface area (Å²) in [5.74, 6) is -1.32. The van der Waals surface area contributed by atoms with Crippen LogP contribution in [0.25, 0.3) is 0 Å². The summed E-state index contributed by atoms with van der Waals surface area (Å²) in [5.41, 5.74) is 0. The van der Waals surface area contributed by atoms with Gasteiger partial charge in [0.1, 0.15) is 39.6 Å². The predicted molar refractivity (Wildman–Crippen MR) is 393 cm³/mol. The van der Waals surface area contributed by atoms with Crippen molar-refractivity contribution in [2.24, 2.45) is 23.7 Å². The third-order valence-corrected chi connectivity index (χ3v) is 18.1. The predicted octanol–water partition coefficient (Wildman–Crippen LogP) is 14.4. The van der Waals surface area contributed by atoms with E-state index in [1.807, 2.05) is 0 Å². The zero-order valence-corrected chi connectivity index (χ0v) is 63.3. The lowest BCUT2D eigenvalue weighted by Crippen LogP contribution is -2.32. The number of hydrogen-bond donors (Lipinski definition) is 4. The van der Waals surface area contributed by atoms with Crippen molar-refractivity contribution in [3.8, 4) is 0 Å². The van der Waals surface area contributed by atoms with E-state index in [0.717, 1.165) is 152 Å². The lowest BCUT2D eigenvalue weighted by molar-refractivity contribution is -0.151. The largest absolute Gasteiger partial charge is 0.466 e. The van der Waals surface area contributed by atoms with E-state index in [1.165, 1.54) is 77.0 Å². The molecule has 2 aliphatic rings. The van der Waals surface area contributed by atoms with Gasteiger partial charge in [0, 0.05) is 77.2 Å². The molecule has 0 spiro atoms. The third kappa shape index (κ3) is 60.6. The molecule has 2 saturated carbocycles. The van der Waals surface area contributed by atoms with Gasteiger partial charge < -0.3 is 78.1 Å². The molecule has 4 amide bonds. The highest BCUT2D eigenvalue weighted by atomic mass is 16.6. The first-order valence-electron chi connectivity index (χ1n) is 39.7. The molecule has 0 radical (unpaired) electrons. The first-order valence-corrected chi connectivity index (χ1v) is 39.7. The monoisotopic (exact) mass is 1480 g/mol. The summed E-state index contributed by atoms with van der Waals surface area (Å²) in [6.07, 6.45) is 38.2. The molecule has 0 heterocycles. The van der Waals surface area contributed by atoms with Crippen molar-refractivity contribution in [3.05, 3.63) is 25.3 Å². The number of unbranched alkanes of at least 4 members (excludes halogenated alkanes) is 19. The van der Waals surface area contributed by atoms with Gasteiger partial charge in [0.05, 0.1) is 51.5 Å². The van der Waals surface area contributed by atoms with Gasteiger partial charge in [-0.25, -0.2) is 28.8 Å². The Bertz CT molecular complexity index is 2130. The summed E-state index contributed by atoms with van der Waals surface area (Å²) in [7, 11) is 0. The molecular formula is C78H134N4O22. The summed E-state index contributed by atoms with van der Waals surface area (Å²) in [4.78, 5) is 121. The van der Waals surface area contributed by atoms with Gasteiger partial charge in [-0.1, -0.05) is 180 Å². The first-order chi connectivity index (χ1) is 50.8. The van der Waals surface area contributed by atoms with Crippen LogP contribution in [0.1, 0.15) is 270 Å². The van der Waals surface area contributed by atoms with Crippen LogP contribution in [0.2, 0.25) is 0 Å². The lowest BCUT2D eigenvalue weighted by Gasteiger charge is -2.21. The third-order valence-electron chi connectivity index (χ3n) is 18.1. The minimum absolute atomic E-state index is 0.00854. The quantitative estimate of drug-likeness (QED) is 0.0190. The minimum atomic E-state index is -0.579. The molecule has 0 saturated heterocycles. The molecule has 0 aromatic rings. The molecular weight excluding hydrogens is 1340 g/mol. The fourth-order valence-corrected chi connectivity index (χ4v) is 12.0. The van der Waals surface area contributed by atoms with Crippen molar-refractivity contribution in [2.75, 3.05) is 119 Å². The van der Waals surface area contributed by atoms with E-state index >= 15 is 0 Å². The van der Waals surface area contributed by atoms with Crippen LogP contribution >= 0.6 is 0 Å². The van der Waals surface area contributed by atoms with Gasteiger partial charge in [-0.2, -0.15) is 0 Å². The molecule has 26 heteroatoms. The van der Waals surface area contributed by atoms with Gasteiger partial charge in [-0.05, 0) is 88.9 Å². The zero-order valence-electron chi connectivity index (χ0n) is 63.3. The lowest BCUT2D eigenvalue weighted by atomic mass is 9.86. The van der Waals surface area contributed by atoms with E-state index in [1.54, 1.807) is 0 Å². The van der Waals surface area contributed by atoms with Crippen LogP contribution in [0.15, 0.2) is 25.3 Å². The number of nitrogens with one attached hydrogen (secondary N) is 4. The van der Waals surface area contributed by atoms with Crippen LogP contribution < -0.4 is 21.3 Å². The average molecular weight is 1480 g/mol. The van der Waals surface area contributed by atoms with Gasteiger partial charge in [-0.15, -0.1) is 0 Å². The highest BCUT2D eigenvalue weighted by Gasteiger charge is 2.20. The maximum atomic E-state index is 12.7. The zero-order chi connectivity index (χ0) is 75.2. The Labute approximate surface area is 621 Å². The smallest absolute Gasteiger partial charge is 0.407 e. The van der Waals surface area contributed by atoms with Crippen LogP contribution in [0.3, 0.4) is 0 Å². The second-order valence-corrected chi connectivity index (χ2v) is 27.4. The summed E-state index contributed by atoms with van der Waals surface area (Å²) in [6, 6.07) is 0. The van der Waals surface area contributed by atoms with Crippen LogP contribution in [-0.4, -0.2) is 179 Å². The Morgan fingerprint density at radius 3 is 0.933 bits per heavy atom. The van der Waals surface area contributed by atoms with Crippen molar-refractivity contribution in [2.45, 2.75) is 270 Å². The molecule has 0 bridgehead atoms. The number of carbonyl (C=O) groups excluding carboxylic acids is 10. The number of rotatable bonds is 67. The number of carbonyl (C=O) groups is 10. The number of ether oxygens (including phenoxy) is 12. The highest BCUT2D eigenvalue weighted by Crippen LogP contribution is 2.29. The van der Waals surface area contributed by atoms with Gasteiger partial charge in [0.25, 0.3) is 0 Å². The van der Waals surface area contributed by atoms with E-state index in [9.17, 15) is 47.9 Å². The molecule has 4 N–H and O–H groups in total. The fourth-order valence-electron chi connectivity index (χ4n) is 12.0. The van der Waals surface area contributed by atoms with E-state index in [0.29, 0.717) is 90.9 Å². The molecule has 0 aliphatic heterocycles. The van der Waals surface area contributed by atoms with Gasteiger partial charge in [0.2, 0.25) is 0 Å². The van der Waals surface area contributed by atoms with Crippen LogP contribution in [0.5, 0.6) is 0 Å². The second-order valence-electron chi connectivity index (χ2n) is 27.4. The number of amides is 4. The molecule has 2 unspecified atom stereocenters. The summed E-state index contributed by atoms with van der Waals surface area (Å²) >= 11 is 0. The normalized spacial score (nSPS) is 13.6. The van der Waals surface area contributed by atoms with E-state index in [4.69, 9.17) is 56.8 Å². The molecule has 2 aliphatic carbocycles. The molecule has 0 aromatic carbocycles. The maximum absolute atomic E-state index is 12.7. The number of alkyl carbamates (subject to hydrolysis) is 4. The molecule has 598 valence electrons. The Morgan fingerprint density at radius 2 is 0.558 bits per heavy atom. The van der Waals surface area contributed by atoms with Crippen molar-refractivity contribution in [1.82, 2.24) is 21.3 Å². The molecule has 104 heavy (non-hydrogen) atoms. The van der Waals surface area contributed by atoms with E-state index in [-0.39, 0.29) is 128 Å². The molecule has 2 atom stereocenters. The van der Waals surface area contributed by atoms with Crippen LogP contribution in [0.4, 0.5) is 19.2 Å². The minimum Gasteiger partial charge on any atom is -0.466 e. The number of hydrogen-bond acceptors (Lipinski definition) is 22. The van der Waals surface area contributed by atoms with E-state index in [2.05, 4.69) is 34.4 Å². The van der Waals surface area contributed by atoms with Crippen molar-refractivity contribution < 1.29 is 105 Å². The molecule has 0 aromatic heterocycles. The SMILES string of the molecule is C=CC(=O)OCCOC(=O)CCCCCCCNC(=O)OCC(COCCCCC1CCCCC1)COC(=O)NCCCCCCCC(=O)OCCCCOC(=O)NCCCCCCCC(=O)OCC(COCCCCC1CCCCC1)COC(=O)CCCCCCCNC(=O)OCCOC(=O)C=C. The fraction of sp³-hybridized carbons (Fsp3) is 0.821. The van der Waals surface area contributed by atoms with Gasteiger partial charge >= 0.3 is 60.2 Å². The Kier molecular flexibility index (Phi) is 61.2. The van der Waals surface area contributed by atoms with Crippen molar-refractivity contribution in [1.29, 1.82) is 0 Å². The van der Waals surface area contributed by atoms with Crippen molar-refractivity contribution >= 4 is 60.2 Å². The van der Waals surface area contributed by atoms with Crippen molar-refractivity contribution in [3.63, 3.8) is 0 Å². The first kappa shape index (κ1) is 93.4. The Balaban J connectivity index is 1.49. The second kappa shape index (κ2) is 68.1. The van der Waals surface area contributed by atoms with Crippen LogP contribution in [-0.2, 0) is 85.6 Å². The van der Waals surface area contributed by atoms with E-state index < -0.39 is 36.3 Å². The van der Waals surface area contributed by atoms with Crippen LogP contribution in [0, 0.1) is 23.7 Å². The summed E-state index contributed by atoms with van der Waals surface area (Å²) < 4.78 is 64.5. The standard InChI is InChI=1S/C78H134N4O22/c1-3-69(83)96-55-56-98-72(86)44-24-10-6-16-32-50-82-78(92)104-64-68(60-94-52-34-28-42-66-39-21-18-22-40-66)63-103-77(91)81-49-31-15-5-9-23-43-71(85)95-53-35-36-54-99-75(89)79-47-29-13-7-11-25-45-73(87)101-61-67(59-93-51-33-27-41-65-37-19-17-20-38-65)62-102-74(88)46-26-12-8-14-30-48-80-76(90)100-58-57-97-70(84)4-2/h3-4,65-68H,1-2,5-64H2,(H,79,89)(H,80,90)(H,81,91)(H,82,92). The molecule has 26 nitrogen and oxygen atoms in total.